The third kappa shape index (κ3) is 5.92. The molecule has 1 aromatic heterocycles. The third-order valence-corrected chi connectivity index (χ3v) is 7.23. The first-order valence-electron chi connectivity index (χ1n) is 13.5. The summed E-state index contributed by atoms with van der Waals surface area (Å²) in [5, 5.41) is 0.244. The van der Waals surface area contributed by atoms with E-state index in [0.717, 1.165) is 30.3 Å². The van der Waals surface area contributed by atoms with Crippen LogP contribution in [0.15, 0.2) is 46.0 Å². The highest BCUT2D eigenvalue weighted by Crippen LogP contribution is 2.32. The predicted octanol–water partition coefficient (Wildman–Crippen LogP) is 4.44. The predicted molar refractivity (Wildman–Crippen MR) is 146 cm³/mol. The smallest absolute Gasteiger partial charge is 0.332 e. The first-order chi connectivity index (χ1) is 18.6. The second-order valence-corrected chi connectivity index (χ2v) is 11.4. The van der Waals surface area contributed by atoms with Crippen molar-refractivity contribution < 1.29 is 23.8 Å². The van der Waals surface area contributed by atoms with Crippen molar-refractivity contribution in [3.8, 4) is 11.5 Å². The van der Waals surface area contributed by atoms with Crippen molar-refractivity contribution in [3.05, 3.63) is 68.4 Å². The van der Waals surface area contributed by atoms with Crippen molar-refractivity contribution in [1.82, 2.24) is 9.13 Å². The molecule has 3 aromatic rings. The number of carbonyl (C=O) groups is 2. The summed E-state index contributed by atoms with van der Waals surface area (Å²) in [4.78, 5) is 53.2. The highest BCUT2D eigenvalue weighted by molar-refractivity contribution is 5.99. The molecule has 1 saturated carbocycles. The van der Waals surface area contributed by atoms with Crippen LogP contribution in [0.3, 0.4) is 0 Å². The van der Waals surface area contributed by atoms with Gasteiger partial charge in [0, 0.05) is 12.0 Å². The van der Waals surface area contributed by atoms with Crippen LogP contribution in [0.5, 0.6) is 11.5 Å². The maximum Gasteiger partial charge on any atom is 0.332 e. The number of esters is 1. The van der Waals surface area contributed by atoms with E-state index in [-0.39, 0.29) is 30.0 Å². The van der Waals surface area contributed by atoms with Gasteiger partial charge in [-0.2, -0.15) is 0 Å². The monoisotopic (exact) mass is 534 g/mol. The molecule has 39 heavy (non-hydrogen) atoms. The minimum absolute atomic E-state index is 0.0235. The Balaban J connectivity index is 1.56. The Hall–Kier alpha value is -3.88. The summed E-state index contributed by atoms with van der Waals surface area (Å²) in [5.74, 6) is 0.845. The minimum atomic E-state index is -0.751. The lowest BCUT2D eigenvalue weighted by Gasteiger charge is -2.21. The number of ether oxygens (including phenoxy) is 3. The van der Waals surface area contributed by atoms with Gasteiger partial charge >= 0.3 is 11.7 Å². The van der Waals surface area contributed by atoms with Crippen LogP contribution in [0.2, 0.25) is 0 Å². The number of hydrogen-bond acceptors (Lipinski definition) is 7. The van der Waals surface area contributed by atoms with E-state index < -0.39 is 29.4 Å². The number of ketones is 1. The number of rotatable bonds is 7. The molecule has 9 heteroatoms. The van der Waals surface area contributed by atoms with Crippen molar-refractivity contribution >= 4 is 22.7 Å². The molecular weight excluding hydrogens is 500 g/mol. The zero-order valence-corrected chi connectivity index (χ0v) is 22.7. The average Bonchev–Trinajstić information content (AvgIpc) is 3.36. The van der Waals surface area contributed by atoms with E-state index in [1.807, 2.05) is 0 Å². The van der Waals surface area contributed by atoms with Gasteiger partial charge in [0.1, 0.15) is 12.1 Å². The molecule has 9 nitrogen and oxygen atoms in total. The quantitative estimate of drug-likeness (QED) is 0.326. The highest BCUT2D eigenvalue weighted by Gasteiger charge is 2.23. The van der Waals surface area contributed by atoms with Gasteiger partial charge in [-0.15, -0.1) is 0 Å². The third-order valence-electron chi connectivity index (χ3n) is 7.23. The van der Waals surface area contributed by atoms with E-state index in [2.05, 4.69) is 0 Å². The Morgan fingerprint density at radius 1 is 0.949 bits per heavy atom. The number of aromatic nitrogens is 2. The van der Waals surface area contributed by atoms with Gasteiger partial charge in [-0.25, -0.2) is 4.79 Å². The lowest BCUT2D eigenvalue weighted by molar-refractivity contribution is -0.155. The number of Topliss-reactive ketones (excluding diaryl/α,β-unsaturated/α-hetero) is 1. The molecule has 5 rings (SSSR count). The Bertz CT molecular complexity index is 1540. The maximum absolute atomic E-state index is 13.7. The van der Waals surface area contributed by atoms with Crippen molar-refractivity contribution in [3.63, 3.8) is 0 Å². The summed E-state index contributed by atoms with van der Waals surface area (Å²) >= 11 is 0. The van der Waals surface area contributed by atoms with Crippen LogP contribution < -0.4 is 20.7 Å². The number of fused-ring (bicyclic) bond motifs is 2. The summed E-state index contributed by atoms with van der Waals surface area (Å²) in [6, 6.07) is 10.00. The van der Waals surface area contributed by atoms with Crippen molar-refractivity contribution in [2.24, 2.45) is 5.92 Å². The van der Waals surface area contributed by atoms with Crippen LogP contribution in [0.4, 0.5) is 0 Å². The van der Waals surface area contributed by atoms with Gasteiger partial charge in [0.15, 0.2) is 17.3 Å². The molecule has 1 aliphatic heterocycles. The zero-order chi connectivity index (χ0) is 27.7. The number of benzene rings is 2. The molecule has 2 aliphatic rings. The molecule has 206 valence electrons. The first kappa shape index (κ1) is 26.7. The first-order valence-corrected chi connectivity index (χ1v) is 13.5. The topological polar surface area (TPSA) is 106 Å². The fourth-order valence-corrected chi connectivity index (χ4v) is 5.38. The van der Waals surface area contributed by atoms with Crippen LogP contribution >= 0.6 is 0 Å². The van der Waals surface area contributed by atoms with Crippen LogP contribution in [0, 0.1) is 5.92 Å². The fraction of sp³-hybridized carbons (Fsp3) is 0.467. The Morgan fingerprint density at radius 3 is 2.44 bits per heavy atom. The van der Waals surface area contributed by atoms with Crippen molar-refractivity contribution in [1.29, 1.82) is 0 Å². The van der Waals surface area contributed by atoms with Gasteiger partial charge in [-0.05, 0) is 56.5 Å². The molecule has 0 N–H and O–H groups in total. The summed E-state index contributed by atoms with van der Waals surface area (Å²) in [5.41, 5.74) is -0.572. The molecule has 0 radical (unpaired) electrons. The van der Waals surface area contributed by atoms with Gasteiger partial charge in [0.2, 0.25) is 6.79 Å². The van der Waals surface area contributed by atoms with Gasteiger partial charge in [-0.1, -0.05) is 44.2 Å². The van der Waals surface area contributed by atoms with Crippen molar-refractivity contribution in [2.75, 3.05) is 6.79 Å². The molecule has 2 heterocycles. The van der Waals surface area contributed by atoms with Crippen LogP contribution in [-0.2, 0) is 22.6 Å². The van der Waals surface area contributed by atoms with Crippen LogP contribution in [-0.4, -0.2) is 33.3 Å². The molecule has 2 aromatic carbocycles. The zero-order valence-electron chi connectivity index (χ0n) is 22.7. The minimum Gasteiger partial charge on any atom is -0.459 e. The lowest BCUT2D eigenvalue weighted by Crippen LogP contribution is -2.42. The molecule has 0 amide bonds. The van der Waals surface area contributed by atoms with Crippen LogP contribution in [0.25, 0.3) is 10.9 Å². The molecule has 1 aliphatic carbocycles. The second-order valence-electron chi connectivity index (χ2n) is 11.4. The van der Waals surface area contributed by atoms with Gasteiger partial charge < -0.3 is 14.2 Å². The molecule has 0 spiro atoms. The highest BCUT2D eigenvalue weighted by atomic mass is 16.7. The molecule has 0 unspecified atom stereocenters. The molecule has 0 atom stereocenters. The Labute approximate surface area is 226 Å². The fourth-order valence-electron chi connectivity index (χ4n) is 5.38. The average molecular weight is 535 g/mol. The molecule has 0 bridgehead atoms. The van der Waals surface area contributed by atoms with E-state index in [4.69, 9.17) is 14.2 Å². The van der Waals surface area contributed by atoms with Gasteiger partial charge in [-0.3, -0.25) is 23.5 Å². The van der Waals surface area contributed by atoms with Gasteiger partial charge in [0.25, 0.3) is 5.56 Å². The summed E-state index contributed by atoms with van der Waals surface area (Å²) < 4.78 is 18.6. The molecule has 0 saturated heterocycles. The van der Waals surface area contributed by atoms with Crippen LogP contribution in [0.1, 0.15) is 75.2 Å². The summed E-state index contributed by atoms with van der Waals surface area (Å²) in [6.45, 7) is 4.92. The Kier molecular flexibility index (Phi) is 7.34. The van der Waals surface area contributed by atoms with E-state index in [1.165, 1.54) is 11.0 Å². The van der Waals surface area contributed by atoms with E-state index in [1.54, 1.807) is 57.2 Å². The number of nitrogens with zero attached hydrogens (tertiary/aromatic N) is 2. The summed E-state index contributed by atoms with van der Waals surface area (Å²) in [6.07, 6.45) is 5.97. The van der Waals surface area contributed by atoms with Crippen molar-refractivity contribution in [2.45, 2.75) is 78.0 Å². The SMILES string of the molecule is CC(C)(C)OC(=O)Cn1c(=O)n(Cc2ccc3c(c2)OCO3)c(=O)c2ccc(C(=O)CC3CCCCC3)cc21. The number of carbonyl (C=O) groups excluding carboxylic acids is 2. The maximum atomic E-state index is 13.7. The van der Waals surface area contributed by atoms with E-state index in [0.29, 0.717) is 35.0 Å². The van der Waals surface area contributed by atoms with E-state index >= 15 is 0 Å². The Morgan fingerprint density at radius 2 is 1.69 bits per heavy atom. The normalized spacial score (nSPS) is 15.5. The van der Waals surface area contributed by atoms with E-state index in [9.17, 15) is 19.2 Å². The second kappa shape index (κ2) is 10.7. The molecular formula is C30H34N2O7. The largest absolute Gasteiger partial charge is 0.459 e. The van der Waals surface area contributed by atoms with Gasteiger partial charge in [0.05, 0.1) is 17.4 Å². The summed E-state index contributed by atoms with van der Waals surface area (Å²) in [7, 11) is 0. The lowest BCUT2D eigenvalue weighted by atomic mass is 9.85. The molecule has 1 fully saturated rings. The standard InChI is InChI=1S/C30H34N2O7/c1-30(2,3)39-27(34)17-31-23-15-21(24(33)13-19-7-5-4-6-8-19)10-11-22(23)28(35)32(29(31)36)16-20-9-12-25-26(14-20)38-18-37-25/h9-12,14-15,19H,4-8,13,16-18H2,1-3H3. The number of hydrogen-bond donors (Lipinski definition) is 0.